The van der Waals surface area contributed by atoms with E-state index in [0.717, 1.165) is 11.7 Å². The van der Waals surface area contributed by atoms with Gasteiger partial charge in [0.1, 0.15) is 11.0 Å². The molecule has 1 aromatic carbocycles. The first-order chi connectivity index (χ1) is 8.53. The highest BCUT2D eigenvalue weighted by atomic mass is 35.5. The van der Waals surface area contributed by atoms with E-state index in [1.54, 1.807) is 12.1 Å². The molecule has 0 spiro atoms. The van der Waals surface area contributed by atoms with Crippen LogP contribution in [-0.2, 0) is 10.0 Å². The number of aromatic nitrogens is 2. The monoisotopic (exact) mass is 306 g/mol. The Morgan fingerprint density at radius 1 is 1.39 bits per heavy atom. The Labute approximate surface area is 114 Å². The molecule has 0 aliphatic rings. The summed E-state index contributed by atoms with van der Waals surface area (Å²) in [6, 6.07) is 3.28. The van der Waals surface area contributed by atoms with Crippen LogP contribution in [-0.4, -0.2) is 29.5 Å². The van der Waals surface area contributed by atoms with Crippen molar-refractivity contribution < 1.29 is 8.42 Å². The number of benzene rings is 1. The van der Waals surface area contributed by atoms with Crippen LogP contribution in [0.2, 0.25) is 5.02 Å². The summed E-state index contributed by atoms with van der Waals surface area (Å²) in [7, 11) is -3.47. The Bertz CT molecular complexity index is 656. The van der Waals surface area contributed by atoms with E-state index < -0.39 is 10.0 Å². The Morgan fingerprint density at radius 3 is 2.89 bits per heavy atom. The Morgan fingerprint density at radius 2 is 2.17 bits per heavy atom. The number of rotatable bonds is 5. The first-order valence-electron chi connectivity index (χ1n) is 5.15. The lowest BCUT2D eigenvalue weighted by Gasteiger charge is -2.09. The summed E-state index contributed by atoms with van der Waals surface area (Å²) < 4.78 is 34.1. The van der Waals surface area contributed by atoms with Crippen LogP contribution in [0.25, 0.3) is 11.0 Å². The van der Waals surface area contributed by atoms with Gasteiger partial charge in [0.25, 0.3) is 0 Å². The normalized spacial score (nSPS) is 11.9. The maximum Gasteiger partial charge on any atom is 0.232 e. The third kappa shape index (κ3) is 2.89. The second-order valence-electron chi connectivity index (χ2n) is 3.62. The van der Waals surface area contributed by atoms with E-state index in [-0.39, 0.29) is 11.4 Å². The highest BCUT2D eigenvalue weighted by Gasteiger charge is 2.16. The van der Waals surface area contributed by atoms with Crippen molar-refractivity contribution in [1.82, 2.24) is 8.75 Å². The maximum absolute atomic E-state index is 11.8. The molecule has 9 heteroatoms. The molecule has 0 fully saturated rings. The minimum Gasteiger partial charge on any atom is -0.330 e. The molecule has 0 aliphatic heterocycles. The summed E-state index contributed by atoms with van der Waals surface area (Å²) in [5.74, 6) is -0.0478. The van der Waals surface area contributed by atoms with Crippen molar-refractivity contribution in [3.05, 3.63) is 17.2 Å². The van der Waals surface area contributed by atoms with Crippen LogP contribution in [0.5, 0.6) is 0 Å². The zero-order chi connectivity index (χ0) is 13.2. The molecule has 1 aromatic heterocycles. The molecule has 2 aromatic rings. The second-order valence-corrected chi connectivity index (χ2v) is 6.40. The minimum absolute atomic E-state index is 0.0478. The third-order valence-corrected chi connectivity index (χ3v) is 4.45. The van der Waals surface area contributed by atoms with Crippen LogP contribution in [0, 0.1) is 0 Å². The standard InChI is InChI=1S/C9H11ClN4O2S2/c10-6-2-3-7-9(13-17-12-7)8(6)14-18(15,16)5-1-4-11/h2-3,14H,1,4-5,11H2. The van der Waals surface area contributed by atoms with E-state index in [9.17, 15) is 8.42 Å². The van der Waals surface area contributed by atoms with Crippen LogP contribution in [0.1, 0.15) is 6.42 Å². The zero-order valence-electron chi connectivity index (χ0n) is 9.26. The molecular weight excluding hydrogens is 296 g/mol. The fraction of sp³-hybridized carbons (Fsp3) is 0.333. The number of anilines is 1. The number of hydrogen-bond acceptors (Lipinski definition) is 6. The van der Waals surface area contributed by atoms with Gasteiger partial charge < -0.3 is 5.73 Å². The molecule has 0 atom stereocenters. The number of nitrogens with two attached hydrogens (primary N) is 1. The maximum atomic E-state index is 11.8. The van der Waals surface area contributed by atoms with Gasteiger partial charge in [-0.1, -0.05) is 11.6 Å². The third-order valence-electron chi connectivity index (χ3n) is 2.25. The van der Waals surface area contributed by atoms with Crippen LogP contribution < -0.4 is 10.5 Å². The average molecular weight is 307 g/mol. The van der Waals surface area contributed by atoms with Crippen molar-refractivity contribution in [2.45, 2.75) is 6.42 Å². The van der Waals surface area contributed by atoms with Gasteiger partial charge in [-0.2, -0.15) is 8.75 Å². The fourth-order valence-electron chi connectivity index (χ4n) is 1.40. The molecular formula is C9H11ClN4O2S2. The largest absolute Gasteiger partial charge is 0.330 e. The second kappa shape index (κ2) is 5.35. The predicted molar refractivity (Wildman–Crippen MR) is 73.5 cm³/mol. The smallest absolute Gasteiger partial charge is 0.232 e. The highest BCUT2D eigenvalue weighted by Crippen LogP contribution is 2.30. The molecule has 2 rings (SSSR count). The lowest BCUT2D eigenvalue weighted by atomic mass is 10.3. The summed E-state index contributed by atoms with van der Waals surface area (Å²) in [5, 5.41) is 0.298. The highest BCUT2D eigenvalue weighted by molar-refractivity contribution is 7.92. The van der Waals surface area contributed by atoms with Crippen molar-refractivity contribution in [2.24, 2.45) is 5.73 Å². The predicted octanol–water partition coefficient (Wildman–Crippen LogP) is 1.44. The van der Waals surface area contributed by atoms with Gasteiger partial charge in [0.05, 0.1) is 28.2 Å². The molecule has 0 radical (unpaired) electrons. The van der Waals surface area contributed by atoms with Gasteiger partial charge in [-0.05, 0) is 25.1 Å². The van der Waals surface area contributed by atoms with Crippen LogP contribution in [0.3, 0.4) is 0 Å². The van der Waals surface area contributed by atoms with E-state index in [0.29, 0.717) is 29.0 Å². The van der Waals surface area contributed by atoms with Crippen LogP contribution >= 0.6 is 23.3 Å². The molecule has 0 saturated carbocycles. The molecule has 18 heavy (non-hydrogen) atoms. The van der Waals surface area contributed by atoms with Gasteiger partial charge in [-0.3, -0.25) is 4.72 Å². The van der Waals surface area contributed by atoms with Crippen LogP contribution in [0.15, 0.2) is 12.1 Å². The summed E-state index contributed by atoms with van der Waals surface area (Å²) >= 11 is 6.99. The lowest BCUT2D eigenvalue weighted by molar-refractivity contribution is 0.599. The molecule has 3 N–H and O–H groups in total. The number of hydrogen-bond donors (Lipinski definition) is 2. The van der Waals surface area contributed by atoms with E-state index in [1.165, 1.54) is 0 Å². The molecule has 0 unspecified atom stereocenters. The Balaban J connectivity index is 2.36. The fourth-order valence-corrected chi connectivity index (χ4v) is 3.37. The Kier molecular flexibility index (Phi) is 4.00. The molecule has 98 valence electrons. The van der Waals surface area contributed by atoms with Gasteiger partial charge in [-0.15, -0.1) is 0 Å². The van der Waals surface area contributed by atoms with Gasteiger partial charge >= 0.3 is 0 Å². The number of nitrogens with zero attached hydrogens (tertiary/aromatic N) is 2. The molecule has 6 nitrogen and oxygen atoms in total. The number of nitrogens with one attached hydrogen (secondary N) is 1. The first kappa shape index (κ1) is 13.5. The molecule has 0 amide bonds. The van der Waals surface area contributed by atoms with Crippen molar-refractivity contribution >= 4 is 50.1 Å². The van der Waals surface area contributed by atoms with Crippen molar-refractivity contribution in [3.63, 3.8) is 0 Å². The summed E-state index contributed by atoms with van der Waals surface area (Å²) in [5.41, 5.74) is 6.65. The quantitative estimate of drug-likeness (QED) is 0.871. The molecule has 1 heterocycles. The van der Waals surface area contributed by atoms with E-state index in [4.69, 9.17) is 17.3 Å². The van der Waals surface area contributed by atoms with Gasteiger partial charge in [0.15, 0.2) is 0 Å². The minimum atomic E-state index is -3.47. The number of fused-ring (bicyclic) bond motifs is 1. The SMILES string of the molecule is NCCCS(=O)(=O)Nc1c(Cl)ccc2nsnc12. The first-order valence-corrected chi connectivity index (χ1v) is 7.91. The van der Waals surface area contributed by atoms with E-state index in [2.05, 4.69) is 13.5 Å². The Hall–Kier alpha value is -0.960. The van der Waals surface area contributed by atoms with Gasteiger partial charge in [-0.25, -0.2) is 8.42 Å². The van der Waals surface area contributed by atoms with E-state index in [1.807, 2.05) is 0 Å². The van der Waals surface area contributed by atoms with Crippen molar-refractivity contribution in [2.75, 3.05) is 17.0 Å². The summed E-state index contributed by atoms with van der Waals surface area (Å²) in [4.78, 5) is 0. The van der Waals surface area contributed by atoms with Crippen molar-refractivity contribution in [1.29, 1.82) is 0 Å². The lowest BCUT2D eigenvalue weighted by Crippen LogP contribution is -2.19. The molecule has 0 bridgehead atoms. The molecule has 0 saturated heterocycles. The number of halogens is 1. The van der Waals surface area contributed by atoms with Gasteiger partial charge in [0.2, 0.25) is 10.0 Å². The average Bonchev–Trinajstić information content (AvgIpc) is 2.79. The molecule has 0 aliphatic carbocycles. The summed E-state index contributed by atoms with van der Waals surface area (Å²) in [6.07, 6.45) is 0.387. The van der Waals surface area contributed by atoms with Crippen LogP contribution in [0.4, 0.5) is 5.69 Å². The summed E-state index contributed by atoms with van der Waals surface area (Å²) in [6.45, 7) is 0.317. The van der Waals surface area contributed by atoms with Crippen molar-refractivity contribution in [3.8, 4) is 0 Å². The zero-order valence-corrected chi connectivity index (χ0v) is 11.6. The van der Waals surface area contributed by atoms with Gasteiger partial charge in [0, 0.05) is 0 Å². The van der Waals surface area contributed by atoms with E-state index >= 15 is 0 Å². The topological polar surface area (TPSA) is 98.0 Å². The number of sulfonamides is 1.